The van der Waals surface area contributed by atoms with Gasteiger partial charge in [0.2, 0.25) is 5.91 Å². The van der Waals surface area contributed by atoms with E-state index in [1.807, 2.05) is 26.8 Å². The fourth-order valence-corrected chi connectivity index (χ4v) is 5.56. The number of nitrogens with zero attached hydrogens (tertiary/aromatic N) is 4. The molecule has 3 amide bonds. The molecule has 258 valence electrons. The molecule has 2 aromatic carbocycles. The van der Waals surface area contributed by atoms with Gasteiger partial charge in [0.05, 0.1) is 11.9 Å². The van der Waals surface area contributed by atoms with Crippen LogP contribution in [0.1, 0.15) is 83.1 Å². The summed E-state index contributed by atoms with van der Waals surface area (Å²) in [4.78, 5) is 45.6. The Labute approximate surface area is 287 Å². The Bertz CT molecular complexity index is 1860. The lowest BCUT2D eigenvalue weighted by atomic mass is 9.91. The number of anilines is 5. The molecule has 1 aliphatic rings. The Kier molecular flexibility index (Phi) is 10.1. The van der Waals surface area contributed by atoms with Gasteiger partial charge in [0.25, 0.3) is 5.91 Å². The first kappa shape index (κ1) is 35.1. The normalized spacial score (nSPS) is 15.8. The van der Waals surface area contributed by atoms with Crippen molar-refractivity contribution >= 4 is 52.3 Å². The lowest BCUT2D eigenvalue weighted by molar-refractivity contribution is -0.111. The maximum Gasteiger partial charge on any atom is 0.420 e. The van der Waals surface area contributed by atoms with Crippen LogP contribution >= 0.6 is 0 Å². The summed E-state index contributed by atoms with van der Waals surface area (Å²) in [6.07, 6.45) is 4.27. The minimum atomic E-state index is -0.797. The second-order valence-electron chi connectivity index (χ2n) is 14.2. The Morgan fingerprint density at radius 2 is 1.80 bits per heavy atom. The quantitative estimate of drug-likeness (QED) is 0.137. The molecule has 0 radical (unpaired) electrons. The first-order valence-electron chi connectivity index (χ1n) is 16.5. The van der Waals surface area contributed by atoms with Gasteiger partial charge in [-0.15, -0.1) is 0 Å². The van der Waals surface area contributed by atoms with Gasteiger partial charge in [0.15, 0.2) is 5.65 Å². The van der Waals surface area contributed by atoms with E-state index < -0.39 is 17.6 Å². The fraction of sp³-hybridized carbons (Fsp3) is 0.378. The number of piperidine rings is 1. The number of benzene rings is 2. The summed E-state index contributed by atoms with van der Waals surface area (Å²) in [7, 11) is 0. The number of fused-ring (bicyclic) bond motifs is 1. The summed E-state index contributed by atoms with van der Waals surface area (Å²) in [6.45, 7) is 18.2. The number of amides is 3. The highest BCUT2D eigenvalue weighted by molar-refractivity contribution is 6.06. The molecule has 12 nitrogen and oxygen atoms in total. The summed E-state index contributed by atoms with van der Waals surface area (Å²) < 4.78 is 7.59. The Balaban J connectivity index is 1.55. The summed E-state index contributed by atoms with van der Waals surface area (Å²) in [5.74, 6) is 0.381. The van der Waals surface area contributed by atoms with Crippen molar-refractivity contribution in [2.75, 3.05) is 27.4 Å². The van der Waals surface area contributed by atoms with Crippen molar-refractivity contribution in [3.8, 4) is 0 Å². The van der Waals surface area contributed by atoms with Crippen LogP contribution in [0.3, 0.4) is 0 Å². The van der Waals surface area contributed by atoms with E-state index in [0.29, 0.717) is 39.9 Å². The SMILES string of the molecule is C=CC(=O)Nc1cccc(C(=O)Nc2cccc(N(C(=O)OC(C)(C)C)c3cc(N[C@H]4CCC(C)(C)NC4)nc4c(C(C)C)cnn34)c2)c1. The number of nitrogens with one attached hydrogen (secondary N) is 4. The largest absolute Gasteiger partial charge is 0.443 e. The van der Waals surface area contributed by atoms with Gasteiger partial charge in [-0.05, 0) is 95.9 Å². The Hall–Kier alpha value is -5.23. The van der Waals surface area contributed by atoms with E-state index in [1.54, 1.807) is 59.2 Å². The van der Waals surface area contributed by atoms with Crippen LogP contribution in [0.25, 0.3) is 5.65 Å². The van der Waals surface area contributed by atoms with Crippen molar-refractivity contribution in [3.05, 3.63) is 84.6 Å². The highest BCUT2D eigenvalue weighted by atomic mass is 16.6. The van der Waals surface area contributed by atoms with Crippen molar-refractivity contribution in [1.82, 2.24) is 19.9 Å². The van der Waals surface area contributed by atoms with Crippen LogP contribution in [0.5, 0.6) is 0 Å². The molecule has 1 saturated heterocycles. The molecule has 4 aromatic rings. The molecule has 1 fully saturated rings. The van der Waals surface area contributed by atoms with Crippen molar-refractivity contribution in [2.24, 2.45) is 0 Å². The van der Waals surface area contributed by atoms with E-state index in [9.17, 15) is 14.4 Å². The van der Waals surface area contributed by atoms with Crippen LogP contribution in [0.4, 0.5) is 33.5 Å². The number of ether oxygens (including phenoxy) is 1. The third-order valence-electron chi connectivity index (χ3n) is 8.14. The highest BCUT2D eigenvalue weighted by Gasteiger charge is 2.30. The van der Waals surface area contributed by atoms with E-state index in [-0.39, 0.29) is 23.4 Å². The molecule has 1 atom stereocenters. The lowest BCUT2D eigenvalue weighted by Crippen LogP contribution is -2.50. The number of rotatable bonds is 9. The molecular weight excluding hydrogens is 620 g/mol. The lowest BCUT2D eigenvalue weighted by Gasteiger charge is -2.36. The molecule has 0 aliphatic carbocycles. The minimum Gasteiger partial charge on any atom is -0.443 e. The van der Waals surface area contributed by atoms with Gasteiger partial charge in [-0.25, -0.2) is 14.7 Å². The molecule has 0 saturated carbocycles. The Morgan fingerprint density at radius 3 is 2.45 bits per heavy atom. The first-order valence-corrected chi connectivity index (χ1v) is 16.5. The fourth-order valence-electron chi connectivity index (χ4n) is 5.56. The van der Waals surface area contributed by atoms with Gasteiger partial charge in [-0.1, -0.05) is 32.6 Å². The maximum absolute atomic E-state index is 14.1. The number of carbonyl (C=O) groups is 3. The second-order valence-corrected chi connectivity index (χ2v) is 14.2. The van der Waals surface area contributed by atoms with Crippen LogP contribution in [0.2, 0.25) is 0 Å². The molecular formula is C37H46N8O4. The van der Waals surface area contributed by atoms with Crippen LogP contribution in [-0.2, 0) is 9.53 Å². The van der Waals surface area contributed by atoms with E-state index in [1.165, 1.54) is 4.90 Å². The molecule has 0 bridgehead atoms. The first-order chi connectivity index (χ1) is 23.1. The summed E-state index contributed by atoms with van der Waals surface area (Å²) in [5.41, 5.74) is 2.51. The monoisotopic (exact) mass is 666 g/mol. The van der Waals surface area contributed by atoms with Crippen LogP contribution < -0.4 is 26.2 Å². The number of carbonyl (C=O) groups excluding carboxylic acids is 3. The predicted octanol–water partition coefficient (Wildman–Crippen LogP) is 7.25. The second kappa shape index (κ2) is 14.1. The molecule has 0 unspecified atom stereocenters. The molecule has 4 N–H and O–H groups in total. The van der Waals surface area contributed by atoms with Gasteiger partial charge in [0.1, 0.15) is 17.2 Å². The van der Waals surface area contributed by atoms with Crippen molar-refractivity contribution in [1.29, 1.82) is 0 Å². The molecule has 2 aromatic heterocycles. The molecule has 3 heterocycles. The average Bonchev–Trinajstić information content (AvgIpc) is 3.46. The zero-order valence-corrected chi connectivity index (χ0v) is 29.3. The van der Waals surface area contributed by atoms with Gasteiger partial charge in [-0.3, -0.25) is 9.59 Å². The van der Waals surface area contributed by atoms with E-state index in [2.05, 4.69) is 60.6 Å². The van der Waals surface area contributed by atoms with Crippen LogP contribution in [-0.4, -0.2) is 56.2 Å². The third-order valence-corrected chi connectivity index (χ3v) is 8.14. The zero-order chi connectivity index (χ0) is 35.5. The molecule has 0 spiro atoms. The molecule has 12 heteroatoms. The van der Waals surface area contributed by atoms with Gasteiger partial charge >= 0.3 is 6.09 Å². The van der Waals surface area contributed by atoms with Gasteiger partial charge < -0.3 is 26.0 Å². The Morgan fingerprint density at radius 1 is 1.08 bits per heavy atom. The van der Waals surface area contributed by atoms with Gasteiger partial charge in [-0.2, -0.15) is 9.61 Å². The van der Waals surface area contributed by atoms with E-state index >= 15 is 0 Å². The van der Waals surface area contributed by atoms with Crippen molar-refractivity contribution in [3.63, 3.8) is 0 Å². The summed E-state index contributed by atoms with van der Waals surface area (Å²) >= 11 is 0. The third kappa shape index (κ3) is 8.63. The minimum absolute atomic E-state index is 0.0647. The highest BCUT2D eigenvalue weighted by Crippen LogP contribution is 2.34. The zero-order valence-electron chi connectivity index (χ0n) is 29.3. The number of hydrogen-bond donors (Lipinski definition) is 4. The average molecular weight is 667 g/mol. The standard InChI is InChI=1S/C37H46N8O4/c1-9-31(46)41-25-13-10-12-24(18-25)34(47)42-26-14-11-15-28(19-26)44(35(48)49-36(4,5)6)32-20-30(40-27-16-17-37(7,8)38-21-27)43-33-29(23(2)3)22-39-45(32)33/h9-15,18-20,22-23,27,38H,1,16-17,21H2,2-8H3,(H,40,43)(H,41,46)(H,42,47)/t27-/m0/s1. The molecule has 1 aliphatic heterocycles. The van der Waals surface area contributed by atoms with E-state index in [4.69, 9.17) is 9.72 Å². The van der Waals surface area contributed by atoms with Crippen LogP contribution in [0, 0.1) is 0 Å². The van der Waals surface area contributed by atoms with Gasteiger partial charge in [0, 0.05) is 46.7 Å². The summed E-state index contributed by atoms with van der Waals surface area (Å²) in [5, 5.41) is 17.4. The smallest absolute Gasteiger partial charge is 0.420 e. The topological polar surface area (TPSA) is 142 Å². The number of aromatic nitrogens is 3. The summed E-state index contributed by atoms with van der Waals surface area (Å²) in [6, 6.07) is 15.5. The number of hydrogen-bond acceptors (Lipinski definition) is 8. The van der Waals surface area contributed by atoms with Crippen LogP contribution in [0.15, 0.2) is 73.4 Å². The molecule has 49 heavy (non-hydrogen) atoms. The van der Waals surface area contributed by atoms with Crippen molar-refractivity contribution < 1.29 is 19.1 Å². The maximum atomic E-state index is 14.1. The molecule has 5 rings (SSSR count). The van der Waals surface area contributed by atoms with Crippen molar-refractivity contribution in [2.45, 2.75) is 84.4 Å². The van der Waals surface area contributed by atoms with E-state index in [0.717, 1.165) is 31.0 Å². The predicted molar refractivity (Wildman–Crippen MR) is 194 cm³/mol.